The van der Waals surface area contributed by atoms with Gasteiger partial charge < -0.3 is 9.73 Å². The number of nitrogens with zero attached hydrogens (tertiary/aromatic N) is 3. The first kappa shape index (κ1) is 18.0. The summed E-state index contributed by atoms with van der Waals surface area (Å²) < 4.78 is 8.04. The van der Waals surface area contributed by atoms with Crippen LogP contribution < -0.4 is 11.0 Å². The average Bonchev–Trinajstić information content (AvgIpc) is 3.14. The number of hydrogen-bond acceptors (Lipinski definition) is 4. The fourth-order valence-corrected chi connectivity index (χ4v) is 2.70. The van der Waals surface area contributed by atoms with Gasteiger partial charge in [0.05, 0.1) is 5.69 Å². The smallest absolute Gasteiger partial charge is 0.351 e. The Hall–Kier alpha value is -2.80. The van der Waals surface area contributed by atoms with Crippen LogP contribution >= 0.6 is 11.6 Å². The molecular formula is C18H19ClN4O3. The molecule has 1 amide bonds. The first-order chi connectivity index (χ1) is 12.4. The van der Waals surface area contributed by atoms with E-state index >= 15 is 0 Å². The Balaban J connectivity index is 1.65. The first-order valence-electron chi connectivity index (χ1n) is 8.18. The fourth-order valence-electron chi connectivity index (χ4n) is 2.57. The molecule has 0 radical (unpaired) electrons. The maximum atomic E-state index is 12.5. The molecule has 26 heavy (non-hydrogen) atoms. The second-order valence-electron chi connectivity index (χ2n) is 5.92. The molecule has 0 fully saturated rings. The van der Waals surface area contributed by atoms with Gasteiger partial charge in [0.1, 0.15) is 23.9 Å². The van der Waals surface area contributed by atoms with E-state index in [1.165, 1.54) is 9.25 Å². The minimum Gasteiger partial charge on any atom is -0.466 e. The van der Waals surface area contributed by atoms with Gasteiger partial charge in [0.15, 0.2) is 0 Å². The van der Waals surface area contributed by atoms with Gasteiger partial charge in [-0.3, -0.25) is 9.36 Å². The van der Waals surface area contributed by atoms with E-state index in [-0.39, 0.29) is 18.1 Å². The first-order valence-corrected chi connectivity index (χ1v) is 8.56. The summed E-state index contributed by atoms with van der Waals surface area (Å²) in [5, 5.41) is 7.58. The summed E-state index contributed by atoms with van der Waals surface area (Å²) >= 11 is 5.87. The molecule has 7 nitrogen and oxygen atoms in total. The van der Waals surface area contributed by atoms with Gasteiger partial charge in [0, 0.05) is 18.0 Å². The Morgan fingerprint density at radius 1 is 1.19 bits per heavy atom. The van der Waals surface area contributed by atoms with Gasteiger partial charge in [0.2, 0.25) is 5.91 Å². The van der Waals surface area contributed by atoms with Gasteiger partial charge in [-0.25, -0.2) is 4.79 Å². The van der Waals surface area contributed by atoms with Crippen molar-refractivity contribution in [2.24, 2.45) is 0 Å². The van der Waals surface area contributed by atoms with Crippen molar-refractivity contribution in [3.8, 4) is 5.69 Å². The molecule has 0 saturated heterocycles. The van der Waals surface area contributed by atoms with Crippen molar-refractivity contribution in [3.05, 3.63) is 69.3 Å². The van der Waals surface area contributed by atoms with Crippen LogP contribution in [-0.2, 0) is 17.8 Å². The number of aryl methyl sites for hydroxylation is 2. The summed E-state index contributed by atoms with van der Waals surface area (Å²) in [5.41, 5.74) is 0.219. The van der Waals surface area contributed by atoms with Crippen LogP contribution in [0, 0.1) is 13.8 Å². The van der Waals surface area contributed by atoms with Crippen LogP contribution in [0.2, 0.25) is 5.02 Å². The predicted molar refractivity (Wildman–Crippen MR) is 97.7 cm³/mol. The molecule has 3 rings (SSSR count). The number of benzene rings is 1. The van der Waals surface area contributed by atoms with Crippen LogP contribution in [0.4, 0.5) is 0 Å². The van der Waals surface area contributed by atoms with Gasteiger partial charge in [-0.15, -0.1) is 0 Å². The minimum atomic E-state index is -0.373. The minimum absolute atomic E-state index is 0.0879. The van der Waals surface area contributed by atoms with Gasteiger partial charge in [-0.1, -0.05) is 11.6 Å². The van der Waals surface area contributed by atoms with Gasteiger partial charge in [0.25, 0.3) is 0 Å². The summed E-state index contributed by atoms with van der Waals surface area (Å²) in [4.78, 5) is 24.7. The van der Waals surface area contributed by atoms with E-state index < -0.39 is 0 Å². The van der Waals surface area contributed by atoms with Crippen LogP contribution in [0.5, 0.6) is 0 Å². The van der Waals surface area contributed by atoms with Crippen molar-refractivity contribution in [3.63, 3.8) is 0 Å². The fraction of sp³-hybridized carbons (Fsp3) is 0.278. The van der Waals surface area contributed by atoms with Gasteiger partial charge in [-0.05, 0) is 50.2 Å². The number of carbonyl (C=O) groups excluding carboxylic acids is 1. The Morgan fingerprint density at radius 3 is 2.58 bits per heavy atom. The highest BCUT2D eigenvalue weighted by Crippen LogP contribution is 2.11. The number of amides is 1. The van der Waals surface area contributed by atoms with E-state index in [1.807, 2.05) is 19.1 Å². The average molecular weight is 375 g/mol. The molecule has 0 atom stereocenters. The Bertz CT molecular complexity index is 969. The molecule has 0 spiro atoms. The monoisotopic (exact) mass is 374 g/mol. The summed E-state index contributed by atoms with van der Waals surface area (Å²) in [7, 11) is 0. The summed E-state index contributed by atoms with van der Waals surface area (Å²) in [6.07, 6.45) is 0.595. The molecule has 0 saturated carbocycles. The van der Waals surface area contributed by atoms with Crippen molar-refractivity contribution in [2.75, 3.05) is 6.54 Å². The molecule has 3 aromatic rings. The molecule has 2 aromatic heterocycles. The molecular weight excluding hydrogens is 356 g/mol. The highest BCUT2D eigenvalue weighted by atomic mass is 35.5. The number of aromatic nitrogens is 3. The molecule has 0 aliphatic carbocycles. The lowest BCUT2D eigenvalue weighted by Gasteiger charge is -2.05. The van der Waals surface area contributed by atoms with Crippen molar-refractivity contribution in [1.82, 2.24) is 19.7 Å². The third kappa shape index (κ3) is 4.05. The molecule has 8 heteroatoms. The predicted octanol–water partition coefficient (Wildman–Crippen LogP) is 2.26. The molecule has 0 bridgehead atoms. The zero-order valence-electron chi connectivity index (χ0n) is 14.5. The maximum absolute atomic E-state index is 12.5. The highest BCUT2D eigenvalue weighted by molar-refractivity contribution is 6.30. The molecule has 136 valence electrons. The van der Waals surface area contributed by atoms with E-state index in [2.05, 4.69) is 10.4 Å². The standard InChI is InChI=1S/C18H19ClN4O3/c1-12-3-8-16(26-12)9-10-20-17(24)11-22-13(2)21-23(18(22)25)15-6-4-14(19)5-7-15/h3-8H,9-11H2,1-2H3,(H,20,24). The lowest BCUT2D eigenvalue weighted by molar-refractivity contribution is -0.121. The lowest BCUT2D eigenvalue weighted by Crippen LogP contribution is -2.34. The van der Waals surface area contributed by atoms with Crippen molar-refractivity contribution in [2.45, 2.75) is 26.8 Å². The number of halogens is 1. The number of carbonyl (C=O) groups is 1. The zero-order valence-corrected chi connectivity index (χ0v) is 15.3. The largest absolute Gasteiger partial charge is 0.466 e. The van der Waals surface area contributed by atoms with E-state index in [1.54, 1.807) is 31.2 Å². The second-order valence-corrected chi connectivity index (χ2v) is 6.35. The highest BCUT2D eigenvalue weighted by Gasteiger charge is 2.14. The SMILES string of the molecule is Cc1ccc(CCNC(=O)Cn2c(C)nn(-c3ccc(Cl)cc3)c2=O)o1. The van der Waals surface area contributed by atoms with Crippen LogP contribution in [-0.4, -0.2) is 26.8 Å². The van der Waals surface area contributed by atoms with Crippen LogP contribution in [0.3, 0.4) is 0 Å². The van der Waals surface area contributed by atoms with Crippen molar-refractivity contribution < 1.29 is 9.21 Å². The Kier molecular flexibility index (Phi) is 5.27. The topological polar surface area (TPSA) is 82.1 Å². The third-order valence-corrected chi connectivity index (χ3v) is 4.16. The summed E-state index contributed by atoms with van der Waals surface area (Å²) in [6.45, 7) is 3.91. The molecule has 0 aliphatic heterocycles. The summed E-state index contributed by atoms with van der Waals surface area (Å²) in [6, 6.07) is 10.5. The quantitative estimate of drug-likeness (QED) is 0.717. The van der Waals surface area contributed by atoms with Gasteiger partial charge >= 0.3 is 5.69 Å². The number of hydrogen-bond donors (Lipinski definition) is 1. The third-order valence-electron chi connectivity index (χ3n) is 3.91. The summed E-state index contributed by atoms with van der Waals surface area (Å²) in [5.74, 6) is 1.85. The van der Waals surface area contributed by atoms with E-state index in [0.717, 1.165) is 11.5 Å². The Morgan fingerprint density at radius 2 is 1.92 bits per heavy atom. The number of nitrogens with one attached hydrogen (secondary N) is 1. The molecule has 1 N–H and O–H groups in total. The molecule has 1 aromatic carbocycles. The molecule has 2 heterocycles. The second kappa shape index (κ2) is 7.61. The van der Waals surface area contributed by atoms with Gasteiger partial charge in [-0.2, -0.15) is 9.78 Å². The van der Waals surface area contributed by atoms with E-state index in [4.69, 9.17) is 16.0 Å². The maximum Gasteiger partial charge on any atom is 0.351 e. The van der Waals surface area contributed by atoms with Crippen molar-refractivity contribution in [1.29, 1.82) is 0 Å². The zero-order chi connectivity index (χ0) is 18.7. The molecule has 0 aliphatic rings. The van der Waals surface area contributed by atoms with Crippen LogP contribution in [0.15, 0.2) is 45.6 Å². The van der Waals surface area contributed by atoms with Crippen LogP contribution in [0.25, 0.3) is 5.69 Å². The normalized spacial score (nSPS) is 10.9. The van der Waals surface area contributed by atoms with E-state index in [0.29, 0.717) is 29.5 Å². The van der Waals surface area contributed by atoms with E-state index in [9.17, 15) is 9.59 Å². The molecule has 0 unspecified atom stereocenters. The number of furan rings is 1. The van der Waals surface area contributed by atoms with Crippen LogP contribution in [0.1, 0.15) is 17.3 Å². The van der Waals surface area contributed by atoms with Crippen molar-refractivity contribution >= 4 is 17.5 Å². The lowest BCUT2D eigenvalue weighted by atomic mass is 10.3. The Labute approximate surface area is 155 Å². The number of rotatable bonds is 6.